The molecular weight excluding hydrogens is 337 g/mol. The van der Waals surface area contributed by atoms with E-state index in [4.69, 9.17) is 11.6 Å². The molecule has 0 unspecified atom stereocenters. The minimum atomic E-state index is -0.283. The summed E-state index contributed by atoms with van der Waals surface area (Å²) in [5.74, 6) is -0.283. The third kappa shape index (κ3) is 2.38. The predicted octanol–water partition coefficient (Wildman–Crippen LogP) is 5.06. The van der Waals surface area contributed by atoms with Gasteiger partial charge in [-0.1, -0.05) is 29.3 Å². The Hall–Kier alpha value is -0.610. The molecule has 0 fully saturated rings. The maximum absolute atomic E-state index is 13.7. The number of benzene rings is 2. The van der Waals surface area contributed by atoms with Gasteiger partial charge in [0.05, 0.1) is 0 Å². The molecule has 0 bridgehead atoms. The van der Waals surface area contributed by atoms with E-state index in [2.05, 4.69) is 22.6 Å². The molecule has 0 amide bonds. The molecule has 2 aromatic rings. The van der Waals surface area contributed by atoms with Crippen molar-refractivity contribution < 1.29 is 4.39 Å². The van der Waals surface area contributed by atoms with Crippen molar-refractivity contribution in [2.45, 2.75) is 6.92 Å². The third-order valence-corrected chi connectivity index (χ3v) is 3.47. The normalized spacial score (nSPS) is 10.5. The molecule has 0 saturated heterocycles. The molecule has 2 aromatic carbocycles. The van der Waals surface area contributed by atoms with E-state index in [-0.39, 0.29) is 5.82 Å². The van der Waals surface area contributed by atoms with Crippen molar-refractivity contribution in [2.24, 2.45) is 0 Å². The number of rotatable bonds is 1. The zero-order valence-electron chi connectivity index (χ0n) is 8.60. The first kappa shape index (κ1) is 11.9. The second kappa shape index (κ2) is 4.72. The molecule has 0 aliphatic rings. The van der Waals surface area contributed by atoms with Crippen molar-refractivity contribution >= 4 is 34.2 Å². The Bertz CT molecular complexity index is 488. The molecule has 2 rings (SSSR count). The highest BCUT2D eigenvalue weighted by molar-refractivity contribution is 14.1. The molecule has 0 spiro atoms. The molecular formula is C13H9ClFI. The van der Waals surface area contributed by atoms with E-state index in [1.54, 1.807) is 12.1 Å². The molecule has 0 saturated carbocycles. The van der Waals surface area contributed by atoms with Crippen LogP contribution in [0.4, 0.5) is 4.39 Å². The van der Waals surface area contributed by atoms with Gasteiger partial charge in [-0.25, -0.2) is 4.39 Å². The van der Waals surface area contributed by atoms with Gasteiger partial charge in [0, 0.05) is 14.2 Å². The molecule has 0 aliphatic carbocycles. The Labute approximate surface area is 113 Å². The lowest BCUT2D eigenvalue weighted by Crippen LogP contribution is -1.88. The fraction of sp³-hybridized carbons (Fsp3) is 0.0769. The average molecular weight is 347 g/mol. The Morgan fingerprint density at radius 2 is 1.75 bits per heavy atom. The van der Waals surface area contributed by atoms with Crippen LogP contribution in [-0.2, 0) is 0 Å². The van der Waals surface area contributed by atoms with Crippen LogP contribution in [0.2, 0.25) is 5.02 Å². The van der Waals surface area contributed by atoms with Gasteiger partial charge in [-0.3, -0.25) is 0 Å². The van der Waals surface area contributed by atoms with Crippen molar-refractivity contribution in [2.75, 3.05) is 0 Å². The zero-order valence-corrected chi connectivity index (χ0v) is 11.5. The summed E-state index contributed by atoms with van der Waals surface area (Å²) in [7, 11) is 0. The van der Waals surface area contributed by atoms with Gasteiger partial charge in [-0.2, -0.15) is 0 Å². The second-order valence-electron chi connectivity index (χ2n) is 3.61. The fourth-order valence-electron chi connectivity index (χ4n) is 1.55. The van der Waals surface area contributed by atoms with Crippen LogP contribution in [0.1, 0.15) is 5.56 Å². The molecule has 0 nitrogen and oxygen atoms in total. The largest absolute Gasteiger partial charge is 0.206 e. The summed E-state index contributed by atoms with van der Waals surface area (Å²) in [5.41, 5.74) is 2.66. The van der Waals surface area contributed by atoms with Crippen molar-refractivity contribution in [3.63, 3.8) is 0 Å². The monoisotopic (exact) mass is 346 g/mol. The van der Waals surface area contributed by atoms with Gasteiger partial charge in [0.25, 0.3) is 0 Å². The van der Waals surface area contributed by atoms with Crippen LogP contribution in [0.15, 0.2) is 36.4 Å². The lowest BCUT2D eigenvalue weighted by molar-refractivity contribution is 0.631. The maximum Gasteiger partial charge on any atom is 0.132 e. The van der Waals surface area contributed by atoms with Crippen LogP contribution in [0.5, 0.6) is 0 Å². The van der Waals surface area contributed by atoms with Crippen molar-refractivity contribution in [1.29, 1.82) is 0 Å². The zero-order chi connectivity index (χ0) is 11.7. The first-order valence-electron chi connectivity index (χ1n) is 4.79. The summed E-state index contributed by atoms with van der Waals surface area (Å²) < 4.78 is 14.8. The molecule has 0 aromatic heterocycles. The number of aryl methyl sites for hydroxylation is 1. The SMILES string of the molecule is Cc1ccc(-c2ccc(Cl)cc2F)c(I)c1. The van der Waals surface area contributed by atoms with Gasteiger partial charge in [0.15, 0.2) is 0 Å². The predicted molar refractivity (Wildman–Crippen MR) is 74.3 cm³/mol. The summed E-state index contributed by atoms with van der Waals surface area (Å²) in [6.45, 7) is 2.02. The van der Waals surface area contributed by atoms with Crippen LogP contribution in [-0.4, -0.2) is 0 Å². The van der Waals surface area contributed by atoms with Gasteiger partial charge in [0.1, 0.15) is 5.82 Å². The van der Waals surface area contributed by atoms with E-state index in [1.165, 1.54) is 11.6 Å². The van der Waals surface area contributed by atoms with Crippen LogP contribution >= 0.6 is 34.2 Å². The lowest BCUT2D eigenvalue weighted by Gasteiger charge is -2.07. The van der Waals surface area contributed by atoms with E-state index >= 15 is 0 Å². The van der Waals surface area contributed by atoms with Crippen LogP contribution in [0, 0.1) is 16.3 Å². The van der Waals surface area contributed by atoms with E-state index in [0.29, 0.717) is 10.6 Å². The van der Waals surface area contributed by atoms with Crippen LogP contribution < -0.4 is 0 Å². The maximum atomic E-state index is 13.7. The smallest absolute Gasteiger partial charge is 0.132 e. The highest BCUT2D eigenvalue weighted by atomic mass is 127. The van der Waals surface area contributed by atoms with E-state index in [1.807, 2.05) is 25.1 Å². The Morgan fingerprint density at radius 3 is 2.38 bits per heavy atom. The average Bonchev–Trinajstić information content (AvgIpc) is 2.19. The summed E-state index contributed by atoms with van der Waals surface area (Å²) in [6, 6.07) is 10.7. The summed E-state index contributed by atoms with van der Waals surface area (Å²) in [4.78, 5) is 0. The summed E-state index contributed by atoms with van der Waals surface area (Å²) >= 11 is 7.94. The minimum absolute atomic E-state index is 0.283. The fourth-order valence-corrected chi connectivity index (χ4v) is 2.67. The van der Waals surface area contributed by atoms with E-state index < -0.39 is 0 Å². The highest BCUT2D eigenvalue weighted by Crippen LogP contribution is 2.29. The van der Waals surface area contributed by atoms with Crippen molar-refractivity contribution in [1.82, 2.24) is 0 Å². The first-order valence-corrected chi connectivity index (χ1v) is 6.25. The molecule has 3 heteroatoms. The molecule has 0 atom stereocenters. The molecule has 0 radical (unpaired) electrons. The van der Waals surface area contributed by atoms with Gasteiger partial charge in [-0.05, 0) is 59.3 Å². The molecule has 16 heavy (non-hydrogen) atoms. The van der Waals surface area contributed by atoms with Crippen LogP contribution in [0.3, 0.4) is 0 Å². The molecule has 0 heterocycles. The quantitative estimate of drug-likeness (QED) is 0.633. The number of hydrogen-bond acceptors (Lipinski definition) is 0. The van der Waals surface area contributed by atoms with Gasteiger partial charge >= 0.3 is 0 Å². The van der Waals surface area contributed by atoms with Gasteiger partial charge < -0.3 is 0 Å². The Balaban J connectivity index is 2.59. The number of hydrogen-bond donors (Lipinski definition) is 0. The standard InChI is InChI=1S/C13H9ClFI/c1-8-2-4-11(13(16)6-8)10-5-3-9(14)7-12(10)15/h2-7H,1H3. The Morgan fingerprint density at radius 1 is 1.06 bits per heavy atom. The highest BCUT2D eigenvalue weighted by Gasteiger charge is 2.08. The number of halogens is 3. The second-order valence-corrected chi connectivity index (χ2v) is 5.21. The molecule has 0 N–H and O–H groups in total. The Kier molecular flexibility index (Phi) is 3.50. The van der Waals surface area contributed by atoms with Gasteiger partial charge in [0.2, 0.25) is 0 Å². The first-order chi connectivity index (χ1) is 7.58. The molecule has 82 valence electrons. The van der Waals surface area contributed by atoms with E-state index in [0.717, 1.165) is 9.13 Å². The lowest BCUT2D eigenvalue weighted by atomic mass is 10.0. The van der Waals surface area contributed by atoms with Crippen LogP contribution in [0.25, 0.3) is 11.1 Å². The minimum Gasteiger partial charge on any atom is -0.206 e. The summed E-state index contributed by atoms with van der Waals surface area (Å²) in [6.07, 6.45) is 0. The topological polar surface area (TPSA) is 0 Å². The van der Waals surface area contributed by atoms with E-state index in [9.17, 15) is 4.39 Å². The summed E-state index contributed by atoms with van der Waals surface area (Å²) in [5, 5.41) is 0.420. The van der Waals surface area contributed by atoms with Crippen molar-refractivity contribution in [3.8, 4) is 11.1 Å². The van der Waals surface area contributed by atoms with Crippen molar-refractivity contribution in [3.05, 3.63) is 56.4 Å². The van der Waals surface area contributed by atoms with Gasteiger partial charge in [-0.15, -0.1) is 0 Å². The third-order valence-electron chi connectivity index (χ3n) is 2.35. The molecule has 0 aliphatic heterocycles.